The average molecular weight is 197 g/mol. The molecule has 0 rings (SSSR count). The number of hydrogen-bond acceptors (Lipinski definition) is 3. The summed E-state index contributed by atoms with van der Waals surface area (Å²) in [7, 11) is -2.01. The van der Waals surface area contributed by atoms with Crippen LogP contribution in [-0.4, -0.2) is 27.0 Å². The van der Waals surface area contributed by atoms with E-state index in [4.69, 9.17) is 5.73 Å². The minimum Gasteiger partial charge on any atom is -0.393 e. The van der Waals surface area contributed by atoms with E-state index in [1.54, 1.807) is 0 Å². The molecule has 0 heterocycles. The topological polar surface area (TPSA) is 84.2 Å². The lowest BCUT2D eigenvalue weighted by Crippen LogP contribution is -2.35. The number of hydrogen-bond donors (Lipinski definition) is 3. The summed E-state index contributed by atoms with van der Waals surface area (Å²) in [6.07, 6.45) is 0.371. The van der Waals surface area contributed by atoms with Crippen LogP contribution in [0.3, 0.4) is 0 Å². The highest BCUT2D eigenvalue weighted by Gasteiger charge is 2.03. The molecule has 0 aromatic carbocycles. The molecule has 7 heteroatoms. The van der Waals surface area contributed by atoms with Crippen LogP contribution in [-0.2, 0) is 10.2 Å². The summed E-state index contributed by atoms with van der Waals surface area (Å²) in [5.74, 6) is 0. The SMILES string of the molecule is CNS(=O)(=O)NCCC(N)=S. The van der Waals surface area contributed by atoms with Gasteiger partial charge in [-0.1, -0.05) is 12.2 Å². The second-order valence-corrected chi connectivity index (χ2v) is 4.05. The Morgan fingerprint density at radius 3 is 2.55 bits per heavy atom. The Morgan fingerprint density at radius 1 is 1.64 bits per heavy atom. The number of nitrogens with one attached hydrogen (secondary N) is 2. The maximum atomic E-state index is 10.7. The number of rotatable bonds is 5. The highest BCUT2D eigenvalue weighted by Crippen LogP contribution is 1.79. The van der Waals surface area contributed by atoms with Gasteiger partial charge >= 0.3 is 0 Å². The molecule has 0 spiro atoms. The van der Waals surface area contributed by atoms with E-state index in [2.05, 4.69) is 21.7 Å². The fourth-order valence-electron chi connectivity index (χ4n) is 0.381. The van der Waals surface area contributed by atoms with Crippen molar-refractivity contribution in [1.29, 1.82) is 0 Å². The van der Waals surface area contributed by atoms with Crippen LogP contribution in [0.5, 0.6) is 0 Å². The van der Waals surface area contributed by atoms with Crippen molar-refractivity contribution < 1.29 is 8.42 Å². The van der Waals surface area contributed by atoms with Gasteiger partial charge in [-0.05, 0) is 0 Å². The Morgan fingerprint density at radius 2 is 2.18 bits per heavy atom. The average Bonchev–Trinajstić information content (AvgIpc) is 1.87. The van der Waals surface area contributed by atoms with E-state index in [0.29, 0.717) is 11.4 Å². The molecular weight excluding hydrogens is 186 g/mol. The van der Waals surface area contributed by atoms with E-state index in [9.17, 15) is 8.42 Å². The lowest BCUT2D eigenvalue weighted by atomic mass is 10.4. The molecule has 0 fully saturated rings. The molecule has 66 valence electrons. The van der Waals surface area contributed by atoms with E-state index >= 15 is 0 Å². The van der Waals surface area contributed by atoms with Gasteiger partial charge in [-0.3, -0.25) is 0 Å². The molecule has 0 saturated carbocycles. The van der Waals surface area contributed by atoms with Gasteiger partial charge in [0.15, 0.2) is 0 Å². The third kappa shape index (κ3) is 6.17. The van der Waals surface area contributed by atoms with Gasteiger partial charge < -0.3 is 5.73 Å². The Labute approximate surface area is 71.5 Å². The van der Waals surface area contributed by atoms with Crippen LogP contribution < -0.4 is 15.2 Å². The molecule has 0 bridgehead atoms. The molecule has 0 atom stereocenters. The van der Waals surface area contributed by atoms with Crippen LogP contribution in [0.25, 0.3) is 0 Å². The predicted octanol–water partition coefficient (Wildman–Crippen LogP) is -1.28. The zero-order chi connectivity index (χ0) is 8.91. The Balaban J connectivity index is 3.63. The predicted molar refractivity (Wildman–Crippen MR) is 47.4 cm³/mol. The van der Waals surface area contributed by atoms with E-state index in [-0.39, 0.29) is 6.54 Å². The summed E-state index contributed by atoms with van der Waals surface area (Å²) in [5, 5.41) is 0. The monoisotopic (exact) mass is 197 g/mol. The highest BCUT2D eigenvalue weighted by atomic mass is 32.2. The van der Waals surface area contributed by atoms with Gasteiger partial charge in [0, 0.05) is 20.0 Å². The van der Waals surface area contributed by atoms with E-state index < -0.39 is 10.2 Å². The van der Waals surface area contributed by atoms with Crippen LogP contribution in [0.2, 0.25) is 0 Å². The van der Waals surface area contributed by atoms with Crippen molar-refractivity contribution in [3.63, 3.8) is 0 Å². The normalized spacial score (nSPS) is 11.4. The van der Waals surface area contributed by atoms with Crippen LogP contribution in [0, 0.1) is 0 Å². The third-order valence-corrected chi connectivity index (χ3v) is 2.26. The number of nitrogens with two attached hydrogens (primary N) is 1. The van der Waals surface area contributed by atoms with Crippen molar-refractivity contribution in [2.45, 2.75) is 6.42 Å². The summed E-state index contributed by atoms with van der Waals surface area (Å²) >= 11 is 4.54. The molecule has 0 aliphatic heterocycles. The van der Waals surface area contributed by atoms with E-state index in [0.717, 1.165) is 0 Å². The summed E-state index contributed by atoms with van der Waals surface area (Å²) < 4.78 is 25.7. The maximum absolute atomic E-state index is 10.7. The molecule has 0 aromatic heterocycles. The molecule has 0 unspecified atom stereocenters. The van der Waals surface area contributed by atoms with Crippen molar-refractivity contribution in [2.24, 2.45) is 5.73 Å². The van der Waals surface area contributed by atoms with Crippen molar-refractivity contribution in [3.05, 3.63) is 0 Å². The largest absolute Gasteiger partial charge is 0.393 e. The Bertz CT molecular complexity index is 223. The van der Waals surface area contributed by atoms with Crippen molar-refractivity contribution in [3.8, 4) is 0 Å². The fourth-order valence-corrected chi connectivity index (χ4v) is 0.998. The Hall–Kier alpha value is -0.240. The second kappa shape index (κ2) is 4.60. The molecule has 11 heavy (non-hydrogen) atoms. The molecule has 4 N–H and O–H groups in total. The first-order valence-corrected chi connectivity index (χ1v) is 4.83. The van der Waals surface area contributed by atoms with Gasteiger partial charge in [0.25, 0.3) is 10.2 Å². The summed E-state index contributed by atoms with van der Waals surface area (Å²) in [6, 6.07) is 0. The summed E-state index contributed by atoms with van der Waals surface area (Å²) in [4.78, 5) is 0.295. The fraction of sp³-hybridized carbons (Fsp3) is 0.750. The lowest BCUT2D eigenvalue weighted by Gasteiger charge is -2.02. The van der Waals surface area contributed by atoms with E-state index in [1.165, 1.54) is 7.05 Å². The lowest BCUT2D eigenvalue weighted by molar-refractivity contribution is 0.574. The molecule has 0 amide bonds. The van der Waals surface area contributed by atoms with Crippen LogP contribution in [0.4, 0.5) is 0 Å². The first-order valence-electron chi connectivity index (χ1n) is 2.94. The zero-order valence-corrected chi connectivity index (χ0v) is 7.76. The molecule has 0 radical (unpaired) electrons. The molecular formula is C4H11N3O2S2. The van der Waals surface area contributed by atoms with Gasteiger partial charge in [0.2, 0.25) is 0 Å². The van der Waals surface area contributed by atoms with Crippen molar-refractivity contribution in [2.75, 3.05) is 13.6 Å². The molecule has 0 aliphatic rings. The maximum Gasteiger partial charge on any atom is 0.276 e. The number of thiocarbonyl (C=S) groups is 1. The van der Waals surface area contributed by atoms with Gasteiger partial charge in [-0.15, -0.1) is 0 Å². The quantitative estimate of drug-likeness (QED) is 0.479. The smallest absolute Gasteiger partial charge is 0.276 e. The minimum absolute atomic E-state index is 0.235. The second-order valence-electron chi connectivity index (χ2n) is 1.82. The van der Waals surface area contributed by atoms with Crippen LogP contribution in [0.15, 0.2) is 0 Å². The van der Waals surface area contributed by atoms with Gasteiger partial charge in [-0.25, -0.2) is 9.44 Å². The van der Waals surface area contributed by atoms with Crippen LogP contribution in [0.1, 0.15) is 6.42 Å². The standard InChI is InChI=1S/C4H11N3O2S2/c1-6-11(8,9)7-3-2-4(5)10/h6-7H,2-3H2,1H3,(H2,5,10). The van der Waals surface area contributed by atoms with Gasteiger partial charge in [0.1, 0.15) is 0 Å². The van der Waals surface area contributed by atoms with Gasteiger partial charge in [-0.2, -0.15) is 8.42 Å². The Kier molecular flexibility index (Phi) is 4.50. The summed E-state index contributed by atoms with van der Waals surface area (Å²) in [5.41, 5.74) is 5.14. The molecule has 0 aliphatic carbocycles. The molecule has 5 nitrogen and oxygen atoms in total. The first kappa shape index (κ1) is 10.8. The van der Waals surface area contributed by atoms with E-state index in [1.807, 2.05) is 0 Å². The summed E-state index contributed by atoms with van der Waals surface area (Å²) in [6.45, 7) is 0.235. The highest BCUT2D eigenvalue weighted by molar-refractivity contribution is 7.87. The van der Waals surface area contributed by atoms with Crippen LogP contribution >= 0.6 is 12.2 Å². The van der Waals surface area contributed by atoms with Crippen molar-refractivity contribution >= 4 is 27.4 Å². The zero-order valence-electron chi connectivity index (χ0n) is 6.12. The van der Waals surface area contributed by atoms with Crippen molar-refractivity contribution in [1.82, 2.24) is 9.44 Å². The first-order chi connectivity index (χ1) is 4.98. The minimum atomic E-state index is -3.33. The molecule has 0 aromatic rings. The molecule has 0 saturated heterocycles. The van der Waals surface area contributed by atoms with Gasteiger partial charge in [0.05, 0.1) is 4.99 Å². The third-order valence-electron chi connectivity index (χ3n) is 0.932.